The van der Waals surface area contributed by atoms with Crippen LogP contribution in [-0.2, 0) is 0 Å². The van der Waals surface area contributed by atoms with Gasteiger partial charge in [0.15, 0.2) is 11.5 Å². The van der Waals surface area contributed by atoms with Gasteiger partial charge in [-0.25, -0.2) is 19.9 Å². The van der Waals surface area contributed by atoms with E-state index in [9.17, 15) is 0 Å². The molecule has 0 amide bonds. The Labute approximate surface area is 120 Å². The molecule has 3 aromatic heterocycles. The van der Waals surface area contributed by atoms with E-state index in [0.29, 0.717) is 11.6 Å². The molecule has 0 spiro atoms. The number of aromatic nitrogens is 5. The first-order valence-electron chi connectivity index (χ1n) is 7.02. The molecule has 1 aliphatic rings. The summed E-state index contributed by atoms with van der Waals surface area (Å²) in [6.07, 6.45) is 11.8. The highest BCUT2D eigenvalue weighted by molar-refractivity contribution is 7.15. The fraction of sp³-hybridized carbons (Fsp3) is 0.429. The van der Waals surface area contributed by atoms with Gasteiger partial charge in [-0.05, 0) is 12.8 Å². The number of rotatable bonds is 2. The highest BCUT2D eigenvalue weighted by Crippen LogP contribution is 2.36. The van der Waals surface area contributed by atoms with E-state index in [2.05, 4.69) is 24.9 Å². The van der Waals surface area contributed by atoms with Crippen molar-refractivity contribution in [1.29, 1.82) is 0 Å². The molecule has 0 aromatic carbocycles. The molecule has 1 N–H and O–H groups in total. The van der Waals surface area contributed by atoms with Crippen LogP contribution in [0.5, 0.6) is 0 Å². The first-order valence-corrected chi connectivity index (χ1v) is 7.83. The van der Waals surface area contributed by atoms with Crippen LogP contribution in [0.3, 0.4) is 0 Å². The standard InChI is InChI=1S/C14H15N5S/c1-2-4-9(5-3-1)14-16-7-11(20-14)13-18-10-6-15-8-17-12(10)19-13/h6-9H,1-5H2,(H,15,17,18,19). The third-order valence-electron chi connectivity index (χ3n) is 3.87. The summed E-state index contributed by atoms with van der Waals surface area (Å²) < 4.78 is 0. The van der Waals surface area contributed by atoms with E-state index in [1.165, 1.54) is 43.4 Å². The molecule has 0 unspecified atom stereocenters. The average Bonchev–Trinajstić information content (AvgIpc) is 3.14. The Morgan fingerprint density at radius 1 is 1.10 bits per heavy atom. The van der Waals surface area contributed by atoms with Gasteiger partial charge in [-0.1, -0.05) is 19.3 Å². The Kier molecular flexibility index (Phi) is 2.95. The number of nitrogens with one attached hydrogen (secondary N) is 1. The lowest BCUT2D eigenvalue weighted by molar-refractivity contribution is 0.442. The van der Waals surface area contributed by atoms with Gasteiger partial charge >= 0.3 is 0 Å². The molecule has 5 nitrogen and oxygen atoms in total. The summed E-state index contributed by atoms with van der Waals surface area (Å²) in [4.78, 5) is 21.6. The van der Waals surface area contributed by atoms with Crippen LogP contribution in [0.15, 0.2) is 18.7 Å². The molecule has 1 fully saturated rings. The molecule has 1 aliphatic carbocycles. The maximum Gasteiger partial charge on any atom is 0.181 e. The molecule has 102 valence electrons. The van der Waals surface area contributed by atoms with Gasteiger partial charge in [-0.2, -0.15) is 0 Å². The second-order valence-electron chi connectivity index (χ2n) is 5.24. The van der Waals surface area contributed by atoms with Gasteiger partial charge in [0, 0.05) is 12.1 Å². The summed E-state index contributed by atoms with van der Waals surface area (Å²) in [7, 11) is 0. The normalized spacial score (nSPS) is 16.8. The number of imidazole rings is 1. The van der Waals surface area contributed by atoms with E-state index in [1.54, 1.807) is 17.5 Å². The van der Waals surface area contributed by atoms with Crippen LogP contribution >= 0.6 is 11.3 Å². The minimum Gasteiger partial charge on any atom is -0.335 e. The van der Waals surface area contributed by atoms with Gasteiger partial charge in [0.05, 0.1) is 16.1 Å². The predicted octanol–water partition coefficient (Wildman–Crippen LogP) is 3.52. The third-order valence-corrected chi connectivity index (χ3v) is 5.04. The molecule has 6 heteroatoms. The van der Waals surface area contributed by atoms with Crippen LogP contribution in [0.25, 0.3) is 21.9 Å². The van der Waals surface area contributed by atoms with Crippen molar-refractivity contribution in [2.75, 3.05) is 0 Å². The second kappa shape index (κ2) is 4.94. The van der Waals surface area contributed by atoms with Crippen LogP contribution < -0.4 is 0 Å². The third kappa shape index (κ3) is 2.10. The molecular weight excluding hydrogens is 270 g/mol. The largest absolute Gasteiger partial charge is 0.335 e. The minimum absolute atomic E-state index is 0.645. The predicted molar refractivity (Wildman–Crippen MR) is 78.6 cm³/mol. The zero-order chi connectivity index (χ0) is 13.4. The first-order chi connectivity index (χ1) is 9.90. The summed E-state index contributed by atoms with van der Waals surface area (Å²) in [6.45, 7) is 0. The van der Waals surface area contributed by atoms with Crippen molar-refractivity contribution < 1.29 is 0 Å². The number of fused-ring (bicyclic) bond motifs is 1. The first kappa shape index (κ1) is 12.0. The average molecular weight is 285 g/mol. The molecular formula is C14H15N5S. The van der Waals surface area contributed by atoms with Crippen LogP contribution in [0.4, 0.5) is 0 Å². The van der Waals surface area contributed by atoms with Gasteiger partial charge in [0.25, 0.3) is 0 Å². The van der Waals surface area contributed by atoms with Crippen molar-refractivity contribution >= 4 is 22.5 Å². The van der Waals surface area contributed by atoms with Crippen LogP contribution in [0.1, 0.15) is 43.0 Å². The van der Waals surface area contributed by atoms with Crippen LogP contribution in [-0.4, -0.2) is 24.9 Å². The lowest BCUT2D eigenvalue weighted by Gasteiger charge is -2.18. The maximum atomic E-state index is 4.61. The summed E-state index contributed by atoms with van der Waals surface area (Å²) in [6, 6.07) is 0. The molecule has 3 aromatic rings. The Bertz CT molecular complexity index is 693. The number of aromatic amines is 1. The molecule has 0 saturated heterocycles. The number of hydrogen-bond acceptors (Lipinski definition) is 5. The van der Waals surface area contributed by atoms with E-state index in [0.717, 1.165) is 16.2 Å². The molecule has 0 bridgehead atoms. The highest BCUT2D eigenvalue weighted by Gasteiger charge is 2.19. The fourth-order valence-electron chi connectivity index (χ4n) is 2.81. The molecule has 20 heavy (non-hydrogen) atoms. The SMILES string of the molecule is c1ncc2[nH]c(-c3cnc(C4CCCCC4)s3)nc2n1. The molecule has 0 atom stereocenters. The Balaban J connectivity index is 1.66. The van der Waals surface area contributed by atoms with Gasteiger partial charge in [-0.3, -0.25) is 0 Å². The highest BCUT2D eigenvalue weighted by atomic mass is 32.1. The van der Waals surface area contributed by atoms with Crippen LogP contribution in [0, 0.1) is 0 Å². The number of nitrogens with zero attached hydrogens (tertiary/aromatic N) is 4. The Morgan fingerprint density at radius 3 is 2.85 bits per heavy atom. The van der Waals surface area contributed by atoms with E-state index >= 15 is 0 Å². The zero-order valence-corrected chi connectivity index (χ0v) is 11.9. The lowest BCUT2D eigenvalue weighted by Crippen LogP contribution is -2.03. The molecule has 4 rings (SSSR count). The molecule has 0 radical (unpaired) electrons. The van der Waals surface area contributed by atoms with Crippen molar-refractivity contribution in [3.05, 3.63) is 23.7 Å². The topological polar surface area (TPSA) is 67.3 Å². The summed E-state index contributed by atoms with van der Waals surface area (Å²) in [5, 5.41) is 1.26. The van der Waals surface area contributed by atoms with Gasteiger partial charge < -0.3 is 4.98 Å². The van der Waals surface area contributed by atoms with Crippen molar-refractivity contribution in [2.45, 2.75) is 38.0 Å². The quantitative estimate of drug-likeness (QED) is 0.782. The Hall–Kier alpha value is -1.82. The molecule has 0 aliphatic heterocycles. The smallest absolute Gasteiger partial charge is 0.181 e. The van der Waals surface area contributed by atoms with E-state index in [-0.39, 0.29) is 0 Å². The maximum absolute atomic E-state index is 4.61. The van der Waals surface area contributed by atoms with Crippen molar-refractivity contribution in [2.24, 2.45) is 0 Å². The summed E-state index contributed by atoms with van der Waals surface area (Å²) in [5.41, 5.74) is 1.58. The monoisotopic (exact) mass is 285 g/mol. The van der Waals surface area contributed by atoms with Crippen molar-refractivity contribution in [1.82, 2.24) is 24.9 Å². The zero-order valence-electron chi connectivity index (χ0n) is 11.0. The Morgan fingerprint density at radius 2 is 2.00 bits per heavy atom. The molecule has 3 heterocycles. The van der Waals surface area contributed by atoms with Gasteiger partial charge in [0.2, 0.25) is 0 Å². The summed E-state index contributed by atoms with van der Waals surface area (Å²) in [5.74, 6) is 1.49. The molecule has 1 saturated carbocycles. The van der Waals surface area contributed by atoms with Crippen molar-refractivity contribution in [3.8, 4) is 10.7 Å². The minimum atomic E-state index is 0.645. The van der Waals surface area contributed by atoms with Crippen molar-refractivity contribution in [3.63, 3.8) is 0 Å². The van der Waals surface area contributed by atoms with E-state index < -0.39 is 0 Å². The number of thiazole rings is 1. The van der Waals surface area contributed by atoms with Crippen LogP contribution in [0.2, 0.25) is 0 Å². The van der Waals surface area contributed by atoms with Gasteiger partial charge in [0.1, 0.15) is 11.8 Å². The number of H-pyrrole nitrogens is 1. The van der Waals surface area contributed by atoms with E-state index in [1.807, 2.05) is 6.20 Å². The van der Waals surface area contributed by atoms with Gasteiger partial charge in [-0.15, -0.1) is 11.3 Å². The fourth-order valence-corrected chi connectivity index (χ4v) is 3.85. The lowest BCUT2D eigenvalue weighted by atomic mass is 9.90. The van der Waals surface area contributed by atoms with E-state index in [4.69, 9.17) is 0 Å². The summed E-state index contributed by atoms with van der Waals surface area (Å²) >= 11 is 1.75. The second-order valence-corrected chi connectivity index (χ2v) is 6.31. The number of hydrogen-bond donors (Lipinski definition) is 1.